The van der Waals surface area contributed by atoms with Gasteiger partial charge in [-0.3, -0.25) is 0 Å². The first-order valence-corrected chi connectivity index (χ1v) is 11.6. The molecule has 0 aromatic rings. The summed E-state index contributed by atoms with van der Waals surface area (Å²) in [5.41, 5.74) is 2.05. The zero-order chi connectivity index (χ0) is 17.8. The molecule has 4 aliphatic rings. The smallest absolute Gasteiger partial charge is 0.237 e. The summed E-state index contributed by atoms with van der Waals surface area (Å²) in [4.78, 5) is 0. The van der Waals surface area contributed by atoms with E-state index in [4.69, 9.17) is 4.74 Å². The lowest BCUT2D eigenvalue weighted by Gasteiger charge is -2.61. The van der Waals surface area contributed by atoms with Crippen LogP contribution in [-0.4, -0.2) is 20.1 Å². The molecule has 4 saturated carbocycles. The summed E-state index contributed by atoms with van der Waals surface area (Å²) in [6.45, 7) is 7.64. The van der Waals surface area contributed by atoms with Gasteiger partial charge in [-0.25, -0.2) is 0 Å². The Morgan fingerprint density at radius 3 is 2.40 bits per heavy atom. The predicted octanol–water partition coefficient (Wildman–Crippen LogP) is 4.69. The summed E-state index contributed by atoms with van der Waals surface area (Å²) in [5, 5.41) is 0. The molecule has 25 heavy (non-hydrogen) atoms. The molecule has 0 spiro atoms. The standard InChI is InChI=1S/C21H34O3S/c1-14-4-7-18-17-6-5-15-12-16(24-13-25(22)23)8-10-21(15,3)19(17)9-11-20(14,18)2/h13-19H,4-12H2,1-3H3/t14?,15?,16?,17?,18?,19?,20-,21+/m1/s1. The molecule has 4 fully saturated rings. The van der Waals surface area contributed by atoms with Crippen LogP contribution < -0.4 is 0 Å². The van der Waals surface area contributed by atoms with Crippen molar-refractivity contribution in [1.82, 2.24) is 0 Å². The molecular formula is C21H34O3S. The summed E-state index contributed by atoms with van der Waals surface area (Å²) >= 11 is 0. The highest BCUT2D eigenvalue weighted by molar-refractivity contribution is 7.71. The van der Waals surface area contributed by atoms with E-state index >= 15 is 0 Å². The maximum atomic E-state index is 10.8. The first-order chi connectivity index (χ1) is 11.8. The molecule has 142 valence electrons. The molecule has 4 aliphatic carbocycles. The van der Waals surface area contributed by atoms with E-state index in [-0.39, 0.29) is 6.10 Å². The number of rotatable bonds is 2. The third-order valence-corrected chi connectivity index (χ3v) is 9.69. The zero-order valence-corrected chi connectivity index (χ0v) is 16.9. The summed E-state index contributed by atoms with van der Waals surface area (Å²) in [5.74, 6) is 4.38. The molecule has 0 aromatic carbocycles. The van der Waals surface area contributed by atoms with Gasteiger partial charge in [-0.05, 0) is 98.2 Å². The topological polar surface area (TPSA) is 43.4 Å². The Kier molecular flexibility index (Phi) is 4.59. The maximum absolute atomic E-state index is 10.8. The minimum Gasteiger partial charge on any atom is -0.335 e. The van der Waals surface area contributed by atoms with Gasteiger partial charge in [0.15, 0.2) is 5.55 Å². The molecule has 0 N–H and O–H groups in total. The molecular weight excluding hydrogens is 332 g/mol. The van der Waals surface area contributed by atoms with Gasteiger partial charge in [-0.15, -0.1) is 0 Å². The van der Waals surface area contributed by atoms with E-state index in [1.54, 1.807) is 0 Å². The van der Waals surface area contributed by atoms with Gasteiger partial charge in [0, 0.05) is 0 Å². The minimum absolute atomic E-state index is 0.105. The maximum Gasteiger partial charge on any atom is 0.237 e. The largest absolute Gasteiger partial charge is 0.335 e. The van der Waals surface area contributed by atoms with E-state index in [1.807, 2.05) is 0 Å². The first kappa shape index (κ1) is 18.0. The average molecular weight is 367 g/mol. The van der Waals surface area contributed by atoms with E-state index in [0.29, 0.717) is 16.7 Å². The third kappa shape index (κ3) is 2.82. The number of hydrogen-bond acceptors (Lipinski definition) is 3. The highest BCUT2D eigenvalue weighted by Crippen LogP contribution is 2.67. The Morgan fingerprint density at radius 2 is 1.64 bits per heavy atom. The average Bonchev–Trinajstić information content (AvgIpc) is 2.88. The van der Waals surface area contributed by atoms with E-state index < -0.39 is 10.3 Å². The van der Waals surface area contributed by atoms with Crippen LogP contribution in [0.15, 0.2) is 0 Å². The van der Waals surface area contributed by atoms with Crippen molar-refractivity contribution in [2.75, 3.05) is 0 Å². The van der Waals surface area contributed by atoms with Crippen molar-refractivity contribution < 1.29 is 13.2 Å². The second kappa shape index (κ2) is 6.37. The highest BCUT2D eigenvalue weighted by atomic mass is 32.2. The van der Waals surface area contributed by atoms with Crippen LogP contribution in [0.2, 0.25) is 0 Å². The van der Waals surface area contributed by atoms with E-state index in [2.05, 4.69) is 20.8 Å². The van der Waals surface area contributed by atoms with Crippen molar-refractivity contribution in [2.24, 2.45) is 40.4 Å². The fraction of sp³-hybridized carbons (Fsp3) is 0.952. The number of ether oxygens (including phenoxy) is 1. The van der Waals surface area contributed by atoms with Crippen molar-refractivity contribution >= 4 is 15.8 Å². The SMILES string of the molecule is CC1CCC2C3CCC4CC(OC=S(=O)=O)CC[C@]4(C)C3CC[C@]12C. The van der Waals surface area contributed by atoms with E-state index in [0.717, 1.165) is 42.1 Å². The van der Waals surface area contributed by atoms with Crippen molar-refractivity contribution in [1.29, 1.82) is 0 Å². The van der Waals surface area contributed by atoms with Crippen molar-refractivity contribution in [3.8, 4) is 0 Å². The molecule has 0 saturated heterocycles. The first-order valence-electron chi connectivity index (χ1n) is 10.4. The van der Waals surface area contributed by atoms with Crippen LogP contribution in [0.1, 0.15) is 78.6 Å². The number of fused-ring (bicyclic) bond motifs is 5. The Bertz CT molecular complexity index is 648. The summed E-state index contributed by atoms with van der Waals surface area (Å²) in [6.07, 6.45) is 11.8. The van der Waals surface area contributed by atoms with Crippen LogP contribution in [-0.2, 0) is 15.0 Å². The molecule has 3 nitrogen and oxygen atoms in total. The Balaban J connectivity index is 1.52. The Labute approximate surface area is 154 Å². The molecule has 0 aromatic heterocycles. The van der Waals surface area contributed by atoms with Gasteiger partial charge in [-0.1, -0.05) is 20.8 Å². The van der Waals surface area contributed by atoms with Crippen molar-refractivity contribution in [3.63, 3.8) is 0 Å². The van der Waals surface area contributed by atoms with Crippen LogP contribution in [0.3, 0.4) is 0 Å². The molecule has 0 amide bonds. The van der Waals surface area contributed by atoms with Crippen LogP contribution in [0.5, 0.6) is 0 Å². The monoisotopic (exact) mass is 366 g/mol. The molecule has 0 aliphatic heterocycles. The Hall–Kier alpha value is -0.350. The van der Waals surface area contributed by atoms with Crippen LogP contribution >= 0.6 is 0 Å². The van der Waals surface area contributed by atoms with Gasteiger partial charge < -0.3 is 4.74 Å². The molecule has 0 radical (unpaired) electrons. The van der Waals surface area contributed by atoms with Gasteiger partial charge in [0.1, 0.15) is 0 Å². The fourth-order valence-electron chi connectivity index (χ4n) is 7.73. The fourth-order valence-corrected chi connectivity index (χ4v) is 7.98. The number of hydrogen-bond donors (Lipinski definition) is 0. The lowest BCUT2D eigenvalue weighted by atomic mass is 9.45. The van der Waals surface area contributed by atoms with Gasteiger partial charge in [0.05, 0.1) is 6.10 Å². The minimum atomic E-state index is -2.20. The molecule has 6 unspecified atom stereocenters. The molecule has 0 bridgehead atoms. The van der Waals surface area contributed by atoms with Crippen LogP contribution in [0.4, 0.5) is 0 Å². The second-order valence-electron chi connectivity index (χ2n) is 10.1. The quantitative estimate of drug-likeness (QED) is 0.666. The lowest BCUT2D eigenvalue weighted by Crippen LogP contribution is -2.53. The molecule has 0 heterocycles. The zero-order valence-electron chi connectivity index (χ0n) is 16.0. The third-order valence-electron chi connectivity index (χ3n) is 9.42. The van der Waals surface area contributed by atoms with Gasteiger partial charge >= 0.3 is 0 Å². The normalized spacial score (nSPS) is 52.0. The van der Waals surface area contributed by atoms with Crippen molar-refractivity contribution in [3.05, 3.63) is 0 Å². The van der Waals surface area contributed by atoms with Crippen LogP contribution in [0, 0.1) is 40.4 Å². The highest BCUT2D eigenvalue weighted by Gasteiger charge is 2.59. The van der Waals surface area contributed by atoms with Gasteiger partial charge in [-0.2, -0.15) is 8.42 Å². The van der Waals surface area contributed by atoms with Crippen LogP contribution in [0.25, 0.3) is 0 Å². The van der Waals surface area contributed by atoms with Gasteiger partial charge in [0.2, 0.25) is 10.3 Å². The van der Waals surface area contributed by atoms with Crippen molar-refractivity contribution in [2.45, 2.75) is 84.7 Å². The molecule has 8 atom stereocenters. The van der Waals surface area contributed by atoms with E-state index in [9.17, 15) is 8.42 Å². The van der Waals surface area contributed by atoms with E-state index in [1.165, 1.54) is 44.9 Å². The molecule has 4 heteroatoms. The second-order valence-corrected chi connectivity index (χ2v) is 10.8. The van der Waals surface area contributed by atoms with Gasteiger partial charge in [0.25, 0.3) is 0 Å². The Morgan fingerprint density at radius 1 is 0.920 bits per heavy atom. The summed E-state index contributed by atoms with van der Waals surface area (Å²) < 4.78 is 27.1. The molecule has 4 rings (SSSR count). The predicted molar refractivity (Wildman–Crippen MR) is 101 cm³/mol. The summed E-state index contributed by atoms with van der Waals surface area (Å²) in [6, 6.07) is 0. The lowest BCUT2D eigenvalue weighted by molar-refractivity contribution is -0.123. The summed E-state index contributed by atoms with van der Waals surface area (Å²) in [7, 11) is -2.20.